The monoisotopic (exact) mass is 170 g/mol. The molecule has 2 atom stereocenters. The van der Waals surface area contributed by atoms with Crippen LogP contribution >= 0.6 is 0 Å². The van der Waals surface area contributed by atoms with Gasteiger partial charge in [-0.05, 0) is 18.8 Å². The number of nitrogens with one attached hydrogen (secondary N) is 1. The molecule has 1 heterocycles. The van der Waals surface area contributed by atoms with E-state index in [9.17, 15) is 0 Å². The normalized spacial score (nSPS) is 37.8. The minimum absolute atomic E-state index is 0.739. The summed E-state index contributed by atoms with van der Waals surface area (Å²) in [5.41, 5.74) is 3.56. The smallest absolute Gasteiger partial charge is 0.0608 e. The van der Waals surface area contributed by atoms with Gasteiger partial charge in [-0.25, -0.2) is 5.01 Å². The predicted molar refractivity (Wildman–Crippen MR) is 47.7 cm³/mol. The van der Waals surface area contributed by atoms with Crippen molar-refractivity contribution in [2.24, 2.45) is 5.92 Å². The molecule has 3 nitrogen and oxygen atoms in total. The van der Waals surface area contributed by atoms with Crippen molar-refractivity contribution in [3.05, 3.63) is 0 Å². The maximum absolute atomic E-state index is 5.28. The summed E-state index contributed by atoms with van der Waals surface area (Å²) in [5.74, 6) is 0.868. The molecule has 70 valence electrons. The van der Waals surface area contributed by atoms with Gasteiger partial charge in [-0.3, -0.25) is 5.43 Å². The summed E-state index contributed by atoms with van der Waals surface area (Å²) >= 11 is 0. The summed E-state index contributed by atoms with van der Waals surface area (Å²) in [5, 5.41) is 2.31. The van der Waals surface area contributed by atoms with Crippen LogP contribution in [0.5, 0.6) is 0 Å². The van der Waals surface area contributed by atoms with E-state index in [1.54, 1.807) is 0 Å². The van der Waals surface area contributed by atoms with Crippen molar-refractivity contribution in [3.63, 3.8) is 0 Å². The average Bonchev–Trinajstić information content (AvgIpc) is 2.14. The molecule has 1 N–H and O–H groups in total. The van der Waals surface area contributed by atoms with E-state index in [1.807, 2.05) is 0 Å². The van der Waals surface area contributed by atoms with E-state index < -0.39 is 0 Å². The minimum atomic E-state index is 0.739. The highest BCUT2D eigenvalue weighted by Crippen LogP contribution is 2.26. The lowest BCUT2D eigenvalue weighted by atomic mass is 9.82. The van der Waals surface area contributed by atoms with Gasteiger partial charge in [-0.2, -0.15) is 0 Å². The van der Waals surface area contributed by atoms with Crippen molar-refractivity contribution in [2.45, 2.75) is 25.8 Å². The summed E-state index contributed by atoms with van der Waals surface area (Å²) in [7, 11) is 0. The van der Waals surface area contributed by atoms with Crippen LogP contribution in [0.25, 0.3) is 0 Å². The molecule has 0 aromatic heterocycles. The molecule has 0 bridgehead atoms. The summed E-state index contributed by atoms with van der Waals surface area (Å²) in [6, 6.07) is 0.739. The zero-order valence-electron chi connectivity index (χ0n) is 7.75. The zero-order valence-corrected chi connectivity index (χ0v) is 7.75. The van der Waals surface area contributed by atoms with E-state index >= 15 is 0 Å². The molecule has 1 saturated heterocycles. The summed E-state index contributed by atoms with van der Waals surface area (Å²) in [6.07, 6.45) is 2.74. The van der Waals surface area contributed by atoms with Crippen LogP contribution < -0.4 is 5.43 Å². The highest BCUT2D eigenvalue weighted by molar-refractivity contribution is 4.82. The summed E-state index contributed by atoms with van der Waals surface area (Å²) in [6.45, 7) is 6.18. The van der Waals surface area contributed by atoms with Crippen LogP contribution in [0.3, 0.4) is 0 Å². The molecule has 0 aromatic rings. The number of hydrogen-bond donors (Lipinski definition) is 1. The molecule has 12 heavy (non-hydrogen) atoms. The number of rotatable bonds is 2. The van der Waals surface area contributed by atoms with Gasteiger partial charge in [-0.15, -0.1) is 0 Å². The van der Waals surface area contributed by atoms with E-state index in [0.717, 1.165) is 38.3 Å². The molecule has 1 saturated carbocycles. The molecule has 3 heteroatoms. The van der Waals surface area contributed by atoms with Gasteiger partial charge in [0.2, 0.25) is 0 Å². The third kappa shape index (κ3) is 1.79. The first-order valence-corrected chi connectivity index (χ1v) is 4.95. The molecule has 1 aliphatic heterocycles. The number of ether oxygens (including phenoxy) is 1. The Morgan fingerprint density at radius 2 is 2.00 bits per heavy atom. The van der Waals surface area contributed by atoms with Crippen molar-refractivity contribution in [1.82, 2.24) is 10.4 Å². The molecule has 0 amide bonds. The first-order chi connectivity index (χ1) is 5.86. The van der Waals surface area contributed by atoms with Gasteiger partial charge in [0.25, 0.3) is 0 Å². The fraction of sp³-hybridized carbons (Fsp3) is 1.00. The molecule has 0 aromatic carbocycles. The van der Waals surface area contributed by atoms with Crippen LogP contribution in [0.2, 0.25) is 0 Å². The molecular weight excluding hydrogens is 152 g/mol. The molecule has 0 radical (unpaired) electrons. The molecule has 2 fully saturated rings. The number of hydrazine groups is 1. The number of hydrogen-bond acceptors (Lipinski definition) is 3. The molecule has 2 unspecified atom stereocenters. The number of morpholine rings is 1. The first-order valence-electron chi connectivity index (χ1n) is 4.95. The van der Waals surface area contributed by atoms with E-state index in [0.29, 0.717) is 0 Å². The first kappa shape index (κ1) is 8.48. The van der Waals surface area contributed by atoms with Gasteiger partial charge in [0.15, 0.2) is 0 Å². The van der Waals surface area contributed by atoms with Gasteiger partial charge >= 0.3 is 0 Å². The van der Waals surface area contributed by atoms with Crippen LogP contribution in [0, 0.1) is 5.92 Å². The van der Waals surface area contributed by atoms with Gasteiger partial charge in [-0.1, -0.05) is 6.92 Å². The Morgan fingerprint density at radius 1 is 1.25 bits per heavy atom. The van der Waals surface area contributed by atoms with E-state index in [4.69, 9.17) is 4.74 Å². The lowest BCUT2D eigenvalue weighted by molar-refractivity contribution is -0.0128. The Labute approximate surface area is 74.0 Å². The third-order valence-corrected chi connectivity index (χ3v) is 2.98. The van der Waals surface area contributed by atoms with Crippen LogP contribution in [0.1, 0.15) is 19.8 Å². The van der Waals surface area contributed by atoms with Crippen LogP contribution in [0.15, 0.2) is 0 Å². The molecule has 2 rings (SSSR count). The lowest BCUT2D eigenvalue weighted by Crippen LogP contribution is -2.54. The minimum Gasteiger partial charge on any atom is -0.379 e. The Kier molecular flexibility index (Phi) is 2.63. The van der Waals surface area contributed by atoms with Crippen LogP contribution in [-0.2, 0) is 4.74 Å². The Balaban J connectivity index is 1.70. The SMILES string of the molecule is CC1CCC1NN1CCOCC1. The lowest BCUT2D eigenvalue weighted by Gasteiger charge is -2.40. The maximum Gasteiger partial charge on any atom is 0.0608 e. The largest absolute Gasteiger partial charge is 0.379 e. The second-order valence-corrected chi connectivity index (χ2v) is 3.89. The van der Waals surface area contributed by atoms with E-state index in [1.165, 1.54) is 12.8 Å². The maximum atomic E-state index is 5.28. The summed E-state index contributed by atoms with van der Waals surface area (Å²) in [4.78, 5) is 0. The van der Waals surface area contributed by atoms with Gasteiger partial charge < -0.3 is 4.74 Å². The fourth-order valence-electron chi connectivity index (χ4n) is 1.79. The van der Waals surface area contributed by atoms with Gasteiger partial charge in [0.1, 0.15) is 0 Å². The molecule has 2 aliphatic rings. The highest BCUT2D eigenvalue weighted by atomic mass is 16.5. The summed E-state index contributed by atoms with van der Waals surface area (Å²) < 4.78 is 5.28. The Hall–Kier alpha value is -0.120. The van der Waals surface area contributed by atoms with Crippen molar-refractivity contribution in [2.75, 3.05) is 26.3 Å². The fourth-order valence-corrected chi connectivity index (χ4v) is 1.79. The van der Waals surface area contributed by atoms with Crippen molar-refractivity contribution in [3.8, 4) is 0 Å². The van der Waals surface area contributed by atoms with Gasteiger partial charge in [0, 0.05) is 19.1 Å². The second-order valence-electron chi connectivity index (χ2n) is 3.89. The predicted octanol–water partition coefficient (Wildman–Crippen LogP) is 0.622. The standard InChI is InChI=1S/C9H18N2O/c1-8-2-3-9(8)10-11-4-6-12-7-5-11/h8-10H,2-7H2,1H3. The number of nitrogens with zero attached hydrogens (tertiary/aromatic N) is 1. The highest BCUT2D eigenvalue weighted by Gasteiger charge is 2.28. The van der Waals surface area contributed by atoms with E-state index in [2.05, 4.69) is 17.4 Å². The van der Waals surface area contributed by atoms with Crippen LogP contribution in [0.4, 0.5) is 0 Å². The Bertz CT molecular complexity index is 145. The van der Waals surface area contributed by atoms with Crippen LogP contribution in [-0.4, -0.2) is 37.4 Å². The molecule has 0 spiro atoms. The third-order valence-electron chi connectivity index (χ3n) is 2.98. The zero-order chi connectivity index (χ0) is 8.39. The Morgan fingerprint density at radius 3 is 2.50 bits per heavy atom. The van der Waals surface area contributed by atoms with Crippen molar-refractivity contribution >= 4 is 0 Å². The molecular formula is C9H18N2O. The van der Waals surface area contributed by atoms with E-state index in [-0.39, 0.29) is 0 Å². The van der Waals surface area contributed by atoms with Crippen molar-refractivity contribution < 1.29 is 4.74 Å². The molecule has 1 aliphatic carbocycles. The quantitative estimate of drug-likeness (QED) is 0.657. The average molecular weight is 170 g/mol. The van der Waals surface area contributed by atoms with Gasteiger partial charge in [0.05, 0.1) is 13.2 Å². The topological polar surface area (TPSA) is 24.5 Å². The van der Waals surface area contributed by atoms with Crippen molar-refractivity contribution in [1.29, 1.82) is 0 Å². The second kappa shape index (κ2) is 3.73.